The molecule has 6 nitrogen and oxygen atoms in total. The van der Waals surface area contributed by atoms with Gasteiger partial charge in [0.05, 0.1) is 25.2 Å². The third kappa shape index (κ3) is 4.18. The highest BCUT2D eigenvalue weighted by atomic mass is 35.5. The number of ether oxygens (including phenoxy) is 2. The van der Waals surface area contributed by atoms with Gasteiger partial charge in [0, 0.05) is 54.2 Å². The molecular weight excluding hydrogens is 420 g/mol. The van der Waals surface area contributed by atoms with Gasteiger partial charge in [-0.1, -0.05) is 23.7 Å². The summed E-state index contributed by atoms with van der Waals surface area (Å²) in [6.07, 6.45) is 2.76. The molecule has 5 rings (SSSR count). The van der Waals surface area contributed by atoms with Crippen molar-refractivity contribution in [1.82, 2.24) is 14.9 Å². The highest BCUT2D eigenvalue weighted by Gasteiger charge is 2.31. The number of aromatic nitrogens is 2. The molecule has 1 aromatic carbocycles. The largest absolute Gasteiger partial charge is 0.381 e. The minimum absolute atomic E-state index is 0.402. The second-order valence-electron chi connectivity index (χ2n) is 7.78. The predicted octanol–water partition coefficient (Wildman–Crippen LogP) is 4.16. The van der Waals surface area contributed by atoms with Crippen LogP contribution in [0.3, 0.4) is 0 Å². The first-order chi connectivity index (χ1) is 14.8. The fraction of sp³-hybridized carbons (Fsp3) is 0.455. The summed E-state index contributed by atoms with van der Waals surface area (Å²) in [5.74, 6) is 1.43. The summed E-state index contributed by atoms with van der Waals surface area (Å²) in [6.45, 7) is 6.05. The standard InChI is InChI=1S/C22H25ClN4O2S/c23-17-3-1-15(2-4-17)18-13-30-22-20(18)21(25-14-26-22)24-11-19(16-5-8-29-12-16)27-6-9-28-10-7-27/h1-4,13-14,16,19H,5-12H2,(H,24,25,26)/t16-,19-/m0/s1. The molecular formula is C22H25ClN4O2S. The Bertz CT molecular complexity index is 984. The molecule has 0 amide bonds. The molecule has 4 heterocycles. The van der Waals surface area contributed by atoms with Crippen LogP contribution in [0.4, 0.5) is 5.82 Å². The smallest absolute Gasteiger partial charge is 0.138 e. The Kier molecular flexibility index (Phi) is 6.15. The molecule has 2 aliphatic rings. The molecule has 0 radical (unpaired) electrons. The molecule has 8 heteroatoms. The van der Waals surface area contributed by atoms with Gasteiger partial charge in [-0.25, -0.2) is 9.97 Å². The summed E-state index contributed by atoms with van der Waals surface area (Å²) in [4.78, 5) is 12.6. The SMILES string of the molecule is Clc1ccc(-c2csc3ncnc(NC[C@@H]([C@H]4CCOC4)N4CCOCC4)c23)cc1. The van der Waals surface area contributed by atoms with E-state index in [2.05, 4.69) is 25.6 Å². The van der Waals surface area contributed by atoms with Crippen molar-refractivity contribution in [2.45, 2.75) is 12.5 Å². The molecule has 0 unspecified atom stereocenters. The lowest BCUT2D eigenvalue weighted by atomic mass is 9.96. The summed E-state index contributed by atoms with van der Waals surface area (Å²) in [5.41, 5.74) is 2.26. The van der Waals surface area contributed by atoms with E-state index < -0.39 is 0 Å². The zero-order chi connectivity index (χ0) is 20.3. The fourth-order valence-corrected chi connectivity index (χ4v) is 5.45. The molecule has 0 saturated carbocycles. The molecule has 158 valence electrons. The van der Waals surface area contributed by atoms with Crippen molar-refractivity contribution < 1.29 is 9.47 Å². The van der Waals surface area contributed by atoms with Gasteiger partial charge < -0.3 is 14.8 Å². The van der Waals surface area contributed by atoms with Gasteiger partial charge in [-0.15, -0.1) is 11.3 Å². The van der Waals surface area contributed by atoms with Gasteiger partial charge in [-0.05, 0) is 24.1 Å². The van der Waals surface area contributed by atoms with E-state index in [1.807, 2.05) is 24.3 Å². The molecule has 0 bridgehead atoms. The minimum Gasteiger partial charge on any atom is -0.381 e. The predicted molar refractivity (Wildman–Crippen MR) is 121 cm³/mol. The Balaban J connectivity index is 1.42. The maximum absolute atomic E-state index is 6.08. The van der Waals surface area contributed by atoms with E-state index in [1.54, 1.807) is 17.7 Å². The van der Waals surface area contributed by atoms with Crippen molar-refractivity contribution in [2.75, 3.05) is 51.4 Å². The zero-order valence-electron chi connectivity index (χ0n) is 16.7. The number of rotatable bonds is 6. The molecule has 2 aromatic heterocycles. The Labute approximate surface area is 185 Å². The van der Waals surface area contributed by atoms with E-state index >= 15 is 0 Å². The van der Waals surface area contributed by atoms with Crippen LogP contribution in [0.5, 0.6) is 0 Å². The minimum atomic E-state index is 0.402. The summed E-state index contributed by atoms with van der Waals surface area (Å²) < 4.78 is 11.3. The topological polar surface area (TPSA) is 59.5 Å². The third-order valence-corrected chi connectivity index (χ3v) is 7.17. The van der Waals surface area contributed by atoms with Gasteiger partial charge in [0.2, 0.25) is 0 Å². The average Bonchev–Trinajstić information content (AvgIpc) is 3.46. The number of morpholine rings is 1. The number of anilines is 1. The Hall–Kier alpha value is -1.77. The van der Waals surface area contributed by atoms with Crippen LogP contribution in [0.2, 0.25) is 5.02 Å². The number of fused-ring (bicyclic) bond motifs is 1. The molecule has 1 N–H and O–H groups in total. The summed E-state index contributed by atoms with van der Waals surface area (Å²) >= 11 is 7.73. The first kappa shape index (κ1) is 20.2. The van der Waals surface area contributed by atoms with Crippen LogP contribution in [0.15, 0.2) is 36.0 Å². The van der Waals surface area contributed by atoms with Crippen molar-refractivity contribution in [3.8, 4) is 11.1 Å². The van der Waals surface area contributed by atoms with E-state index in [9.17, 15) is 0 Å². The molecule has 3 aromatic rings. The van der Waals surface area contributed by atoms with Gasteiger partial charge >= 0.3 is 0 Å². The normalized spacial score (nSPS) is 21.2. The van der Waals surface area contributed by atoms with Crippen LogP contribution in [-0.4, -0.2) is 67.0 Å². The van der Waals surface area contributed by atoms with Crippen molar-refractivity contribution in [3.05, 3.63) is 41.0 Å². The quantitative estimate of drug-likeness (QED) is 0.616. The fourth-order valence-electron chi connectivity index (χ4n) is 4.41. The lowest BCUT2D eigenvalue weighted by Gasteiger charge is -2.37. The van der Waals surface area contributed by atoms with Crippen LogP contribution in [0.25, 0.3) is 21.3 Å². The zero-order valence-corrected chi connectivity index (χ0v) is 18.3. The second kappa shape index (κ2) is 9.16. The van der Waals surface area contributed by atoms with Crippen molar-refractivity contribution >= 4 is 39.0 Å². The van der Waals surface area contributed by atoms with Crippen LogP contribution < -0.4 is 5.32 Å². The van der Waals surface area contributed by atoms with Gasteiger partial charge in [-0.3, -0.25) is 4.90 Å². The van der Waals surface area contributed by atoms with Crippen molar-refractivity contribution in [3.63, 3.8) is 0 Å². The maximum Gasteiger partial charge on any atom is 0.138 e. The van der Waals surface area contributed by atoms with Gasteiger partial charge in [-0.2, -0.15) is 0 Å². The Morgan fingerprint density at radius 2 is 1.97 bits per heavy atom. The number of halogens is 1. The summed E-state index contributed by atoms with van der Waals surface area (Å²) in [6, 6.07) is 8.34. The van der Waals surface area contributed by atoms with Gasteiger partial charge in [0.25, 0.3) is 0 Å². The monoisotopic (exact) mass is 444 g/mol. The van der Waals surface area contributed by atoms with E-state index in [-0.39, 0.29) is 0 Å². The molecule has 0 aliphatic carbocycles. The maximum atomic E-state index is 6.08. The van der Waals surface area contributed by atoms with Gasteiger partial charge in [0.1, 0.15) is 17.0 Å². The van der Waals surface area contributed by atoms with E-state index in [0.717, 1.165) is 84.7 Å². The first-order valence-corrected chi connectivity index (χ1v) is 11.7. The second-order valence-corrected chi connectivity index (χ2v) is 9.07. The lowest BCUT2D eigenvalue weighted by Crippen LogP contribution is -2.50. The Morgan fingerprint density at radius 3 is 2.73 bits per heavy atom. The number of nitrogens with zero attached hydrogens (tertiary/aromatic N) is 3. The van der Waals surface area contributed by atoms with E-state index in [1.165, 1.54) is 0 Å². The number of thiophene rings is 1. The highest BCUT2D eigenvalue weighted by molar-refractivity contribution is 7.17. The first-order valence-electron chi connectivity index (χ1n) is 10.4. The average molecular weight is 445 g/mol. The number of hydrogen-bond donors (Lipinski definition) is 1. The Morgan fingerprint density at radius 1 is 1.13 bits per heavy atom. The molecule has 2 aliphatic heterocycles. The van der Waals surface area contributed by atoms with E-state index in [0.29, 0.717) is 12.0 Å². The molecule has 2 fully saturated rings. The lowest BCUT2D eigenvalue weighted by molar-refractivity contribution is 0.00460. The highest BCUT2D eigenvalue weighted by Crippen LogP contribution is 2.37. The van der Waals surface area contributed by atoms with Crippen molar-refractivity contribution in [1.29, 1.82) is 0 Å². The molecule has 2 saturated heterocycles. The number of hydrogen-bond acceptors (Lipinski definition) is 7. The van der Waals surface area contributed by atoms with E-state index in [4.69, 9.17) is 21.1 Å². The van der Waals surface area contributed by atoms with Crippen LogP contribution >= 0.6 is 22.9 Å². The van der Waals surface area contributed by atoms with Crippen LogP contribution in [0.1, 0.15) is 6.42 Å². The molecule has 2 atom stereocenters. The number of benzene rings is 1. The van der Waals surface area contributed by atoms with Gasteiger partial charge in [0.15, 0.2) is 0 Å². The molecule has 0 spiro atoms. The molecule has 30 heavy (non-hydrogen) atoms. The third-order valence-electron chi connectivity index (χ3n) is 6.03. The van der Waals surface area contributed by atoms with Crippen molar-refractivity contribution in [2.24, 2.45) is 5.92 Å². The summed E-state index contributed by atoms with van der Waals surface area (Å²) in [5, 5.41) is 7.63. The summed E-state index contributed by atoms with van der Waals surface area (Å²) in [7, 11) is 0. The van der Waals surface area contributed by atoms with Crippen LogP contribution in [0, 0.1) is 5.92 Å². The number of nitrogens with one attached hydrogen (secondary N) is 1. The van der Waals surface area contributed by atoms with Crippen LogP contribution in [-0.2, 0) is 9.47 Å².